The molecule has 0 aromatic rings. The molecule has 2 heteroatoms. The minimum Gasteiger partial charge on any atom is -0.509 e. The van der Waals surface area contributed by atoms with E-state index in [9.17, 15) is 0 Å². The fourth-order valence-corrected chi connectivity index (χ4v) is 1.50. The van der Waals surface area contributed by atoms with E-state index in [0.29, 0.717) is 12.4 Å². The molecule has 0 heterocycles. The maximum atomic E-state index is 8.84. The summed E-state index contributed by atoms with van der Waals surface area (Å²) in [4.78, 5) is 0. The van der Waals surface area contributed by atoms with E-state index in [1.807, 2.05) is 0 Å². The second kappa shape index (κ2) is 11.3. The van der Waals surface area contributed by atoms with Gasteiger partial charge in [0.15, 0.2) is 0 Å². The van der Waals surface area contributed by atoms with Crippen molar-refractivity contribution in [3.63, 3.8) is 0 Å². The van der Waals surface area contributed by atoms with Crippen molar-refractivity contribution in [2.75, 3.05) is 6.61 Å². The van der Waals surface area contributed by atoms with Gasteiger partial charge in [-0.3, -0.25) is 0 Å². The van der Waals surface area contributed by atoms with E-state index in [2.05, 4.69) is 20.1 Å². The molecule has 0 saturated carbocycles. The Morgan fingerprint density at radius 3 is 2.18 bits per heavy atom. The first kappa shape index (κ1) is 15.8. The van der Waals surface area contributed by atoms with E-state index >= 15 is 0 Å². The highest BCUT2D eigenvalue weighted by Gasteiger charge is 1.93. The zero-order chi connectivity index (χ0) is 12.9. The van der Waals surface area contributed by atoms with Crippen molar-refractivity contribution in [3.8, 4) is 0 Å². The van der Waals surface area contributed by atoms with E-state index in [4.69, 9.17) is 9.84 Å². The van der Waals surface area contributed by atoms with Gasteiger partial charge in [0.2, 0.25) is 0 Å². The number of hydrogen-bond acceptors (Lipinski definition) is 2. The highest BCUT2D eigenvalue weighted by atomic mass is 16.5. The second-order valence-electron chi connectivity index (χ2n) is 4.26. The Bertz CT molecular complexity index is 241. The standard InChI is InChI=1S/C15H26O2/c1-4-5-6-7-8-9-10-13-17-15(3)12-11-14(2)16/h11-12,16H,2-10,13H2,1H3/b12-11-. The summed E-state index contributed by atoms with van der Waals surface area (Å²) in [5, 5.41) is 8.84. The number of unbranched alkanes of at least 4 members (excludes halogenated alkanes) is 6. The van der Waals surface area contributed by atoms with Gasteiger partial charge in [-0.2, -0.15) is 0 Å². The number of allylic oxidation sites excluding steroid dienone is 2. The number of hydrogen-bond donors (Lipinski definition) is 1. The van der Waals surface area contributed by atoms with Crippen LogP contribution in [-0.2, 0) is 4.74 Å². The molecule has 1 N–H and O–H groups in total. The SMILES string of the molecule is C=C(O)/C=C\C(=C)OCCCCCCCCC. The monoisotopic (exact) mass is 238 g/mol. The van der Waals surface area contributed by atoms with E-state index in [0.717, 1.165) is 6.42 Å². The lowest BCUT2D eigenvalue weighted by Crippen LogP contribution is -1.92. The molecular weight excluding hydrogens is 212 g/mol. The van der Waals surface area contributed by atoms with Crippen molar-refractivity contribution >= 4 is 0 Å². The topological polar surface area (TPSA) is 29.5 Å². The maximum Gasteiger partial charge on any atom is 0.112 e. The number of aliphatic hydroxyl groups excluding tert-OH is 1. The predicted molar refractivity (Wildman–Crippen MR) is 74.0 cm³/mol. The molecule has 0 aliphatic carbocycles. The molecule has 0 atom stereocenters. The molecule has 0 radical (unpaired) electrons. The van der Waals surface area contributed by atoms with Crippen molar-refractivity contribution in [2.45, 2.75) is 51.9 Å². The largest absolute Gasteiger partial charge is 0.509 e. The Morgan fingerprint density at radius 1 is 1.00 bits per heavy atom. The first-order valence-electron chi connectivity index (χ1n) is 6.54. The molecule has 0 aliphatic heterocycles. The highest BCUT2D eigenvalue weighted by molar-refractivity contribution is 5.15. The van der Waals surface area contributed by atoms with E-state index in [1.54, 1.807) is 6.08 Å². The van der Waals surface area contributed by atoms with Crippen LogP contribution in [-0.4, -0.2) is 11.7 Å². The average molecular weight is 238 g/mol. The third-order valence-electron chi connectivity index (χ3n) is 2.50. The summed E-state index contributed by atoms with van der Waals surface area (Å²) in [5.74, 6) is 0.594. The summed E-state index contributed by atoms with van der Waals surface area (Å²) in [5.41, 5.74) is 0. The minimum atomic E-state index is 0.0191. The molecule has 2 nitrogen and oxygen atoms in total. The Hall–Kier alpha value is -1.18. The number of aliphatic hydroxyl groups is 1. The summed E-state index contributed by atoms with van der Waals surface area (Å²) in [6, 6.07) is 0. The van der Waals surface area contributed by atoms with E-state index in [1.165, 1.54) is 44.6 Å². The van der Waals surface area contributed by atoms with Crippen LogP contribution in [0.3, 0.4) is 0 Å². The minimum absolute atomic E-state index is 0.0191. The van der Waals surface area contributed by atoms with Crippen molar-refractivity contribution < 1.29 is 9.84 Å². The molecule has 0 aromatic carbocycles. The molecule has 0 aliphatic rings. The van der Waals surface area contributed by atoms with Gasteiger partial charge in [-0.1, -0.05) is 58.6 Å². The quantitative estimate of drug-likeness (QED) is 0.315. The molecule has 0 amide bonds. The summed E-state index contributed by atoms with van der Waals surface area (Å²) in [6.07, 6.45) is 12.0. The average Bonchev–Trinajstić information content (AvgIpc) is 2.30. The normalized spacial score (nSPS) is 10.6. The summed E-state index contributed by atoms with van der Waals surface area (Å²) >= 11 is 0. The van der Waals surface area contributed by atoms with Gasteiger partial charge in [0.25, 0.3) is 0 Å². The van der Waals surface area contributed by atoms with Crippen LogP contribution in [0.15, 0.2) is 36.8 Å². The van der Waals surface area contributed by atoms with Gasteiger partial charge in [-0.05, 0) is 18.6 Å². The van der Waals surface area contributed by atoms with Gasteiger partial charge in [0.05, 0.1) is 6.61 Å². The summed E-state index contributed by atoms with van der Waals surface area (Å²) in [6.45, 7) is 10.0. The second-order valence-corrected chi connectivity index (χ2v) is 4.26. The third-order valence-corrected chi connectivity index (χ3v) is 2.50. The molecule has 0 saturated heterocycles. The van der Waals surface area contributed by atoms with E-state index < -0.39 is 0 Å². The van der Waals surface area contributed by atoms with Gasteiger partial charge in [-0.25, -0.2) is 0 Å². The number of ether oxygens (including phenoxy) is 1. The lowest BCUT2D eigenvalue weighted by atomic mass is 10.1. The first-order chi connectivity index (χ1) is 8.16. The fourth-order valence-electron chi connectivity index (χ4n) is 1.50. The smallest absolute Gasteiger partial charge is 0.112 e. The van der Waals surface area contributed by atoms with Crippen LogP contribution in [0.25, 0.3) is 0 Å². The zero-order valence-electron chi connectivity index (χ0n) is 11.1. The van der Waals surface area contributed by atoms with Gasteiger partial charge in [-0.15, -0.1) is 0 Å². The lowest BCUT2D eigenvalue weighted by Gasteiger charge is -2.05. The predicted octanol–water partition coefficient (Wildman–Crippen LogP) is 4.90. The molecule has 0 spiro atoms. The fraction of sp³-hybridized carbons (Fsp3) is 0.600. The third kappa shape index (κ3) is 12.8. The van der Waals surface area contributed by atoms with Crippen LogP contribution in [0.4, 0.5) is 0 Å². The van der Waals surface area contributed by atoms with Crippen molar-refractivity contribution in [1.29, 1.82) is 0 Å². The molecule has 0 fully saturated rings. The first-order valence-corrected chi connectivity index (χ1v) is 6.54. The molecule has 0 rings (SSSR count). The van der Waals surface area contributed by atoms with Crippen LogP contribution < -0.4 is 0 Å². The Kier molecular flexibility index (Phi) is 10.5. The number of rotatable bonds is 11. The van der Waals surface area contributed by atoms with Crippen LogP contribution in [0.2, 0.25) is 0 Å². The molecular formula is C15H26O2. The van der Waals surface area contributed by atoms with Gasteiger partial charge >= 0.3 is 0 Å². The van der Waals surface area contributed by atoms with Crippen molar-refractivity contribution in [1.82, 2.24) is 0 Å². The molecule has 0 unspecified atom stereocenters. The van der Waals surface area contributed by atoms with Crippen LogP contribution in [0.1, 0.15) is 51.9 Å². The Labute approximate surface area is 106 Å². The zero-order valence-corrected chi connectivity index (χ0v) is 11.1. The molecule has 0 aromatic heterocycles. The highest BCUT2D eigenvalue weighted by Crippen LogP contribution is 2.08. The van der Waals surface area contributed by atoms with Gasteiger partial charge in [0, 0.05) is 0 Å². The summed E-state index contributed by atoms with van der Waals surface area (Å²) in [7, 11) is 0. The van der Waals surface area contributed by atoms with Crippen molar-refractivity contribution in [3.05, 3.63) is 36.8 Å². The Balaban J connectivity index is 3.28. The van der Waals surface area contributed by atoms with Gasteiger partial charge in [0.1, 0.15) is 11.5 Å². The van der Waals surface area contributed by atoms with Crippen LogP contribution in [0.5, 0.6) is 0 Å². The Morgan fingerprint density at radius 2 is 1.59 bits per heavy atom. The van der Waals surface area contributed by atoms with Crippen LogP contribution in [0, 0.1) is 0 Å². The summed E-state index contributed by atoms with van der Waals surface area (Å²) < 4.78 is 5.39. The molecule has 0 bridgehead atoms. The van der Waals surface area contributed by atoms with Crippen LogP contribution >= 0.6 is 0 Å². The maximum absolute atomic E-state index is 8.84. The molecule has 17 heavy (non-hydrogen) atoms. The van der Waals surface area contributed by atoms with Crippen molar-refractivity contribution in [2.24, 2.45) is 0 Å². The van der Waals surface area contributed by atoms with E-state index in [-0.39, 0.29) is 5.76 Å². The lowest BCUT2D eigenvalue weighted by molar-refractivity contribution is 0.218. The molecule has 98 valence electrons. The van der Waals surface area contributed by atoms with Gasteiger partial charge < -0.3 is 9.84 Å².